The van der Waals surface area contributed by atoms with Gasteiger partial charge in [-0.05, 0) is 44.2 Å². The predicted molar refractivity (Wildman–Crippen MR) is 92.9 cm³/mol. The van der Waals surface area contributed by atoms with Crippen LogP contribution in [0.4, 0.5) is 0 Å². The van der Waals surface area contributed by atoms with Gasteiger partial charge in [0.25, 0.3) is 0 Å². The molecule has 3 rings (SSSR count). The van der Waals surface area contributed by atoms with Crippen LogP contribution in [0.3, 0.4) is 0 Å². The molecule has 0 saturated carbocycles. The van der Waals surface area contributed by atoms with Gasteiger partial charge in [0.2, 0.25) is 5.76 Å². The van der Waals surface area contributed by atoms with Gasteiger partial charge in [-0.1, -0.05) is 18.2 Å². The number of carbonyl (C=O) groups is 2. The lowest BCUT2D eigenvalue weighted by Gasteiger charge is -2.07. The number of rotatable bonds is 6. The van der Waals surface area contributed by atoms with Crippen LogP contribution in [0.15, 0.2) is 52.9 Å². The molecule has 0 aliphatic heterocycles. The number of benzene rings is 2. The van der Waals surface area contributed by atoms with Crippen LogP contribution in [0.5, 0.6) is 5.75 Å². The second-order valence-electron chi connectivity index (χ2n) is 5.50. The molecule has 0 radical (unpaired) electrons. The van der Waals surface area contributed by atoms with Gasteiger partial charge in [-0.3, -0.25) is 4.79 Å². The van der Waals surface area contributed by atoms with Crippen LogP contribution in [0.1, 0.15) is 40.3 Å². The van der Waals surface area contributed by atoms with Crippen molar-refractivity contribution < 1.29 is 23.5 Å². The lowest BCUT2D eigenvalue weighted by atomic mass is 10.1. The van der Waals surface area contributed by atoms with E-state index in [1.54, 1.807) is 37.3 Å². The molecule has 2 aromatic carbocycles. The molecule has 0 amide bonds. The third-order valence-electron chi connectivity index (χ3n) is 3.80. The first-order valence-corrected chi connectivity index (χ1v) is 8.01. The smallest absolute Gasteiger partial charge is 0.374 e. The molecule has 0 unspecified atom stereocenters. The number of para-hydroxylation sites is 1. The highest BCUT2D eigenvalue weighted by molar-refractivity contribution is 5.96. The van der Waals surface area contributed by atoms with Crippen molar-refractivity contribution in [3.8, 4) is 5.75 Å². The summed E-state index contributed by atoms with van der Waals surface area (Å²) in [4.78, 5) is 23.5. The first kappa shape index (κ1) is 16.8. The highest BCUT2D eigenvalue weighted by atomic mass is 16.5. The van der Waals surface area contributed by atoms with Gasteiger partial charge in [-0.15, -0.1) is 0 Å². The SMILES string of the molecule is CCOC(=O)c1oc2ccccc2c1COc1ccc(C(C)=O)cc1. The molecule has 0 spiro atoms. The van der Waals surface area contributed by atoms with Crippen LogP contribution in [-0.4, -0.2) is 18.4 Å². The van der Waals surface area contributed by atoms with Gasteiger partial charge < -0.3 is 13.9 Å². The molecule has 1 aromatic heterocycles. The second-order valence-corrected chi connectivity index (χ2v) is 5.50. The van der Waals surface area contributed by atoms with Crippen molar-refractivity contribution in [1.29, 1.82) is 0 Å². The molecule has 25 heavy (non-hydrogen) atoms. The van der Waals surface area contributed by atoms with E-state index in [9.17, 15) is 9.59 Å². The molecule has 128 valence electrons. The fraction of sp³-hybridized carbons (Fsp3) is 0.200. The van der Waals surface area contributed by atoms with Crippen LogP contribution in [-0.2, 0) is 11.3 Å². The molecular weight excluding hydrogens is 320 g/mol. The monoisotopic (exact) mass is 338 g/mol. The molecule has 3 aromatic rings. The maximum Gasteiger partial charge on any atom is 0.374 e. The number of carbonyl (C=O) groups excluding carboxylic acids is 2. The largest absolute Gasteiger partial charge is 0.489 e. The van der Waals surface area contributed by atoms with Gasteiger partial charge in [0.1, 0.15) is 17.9 Å². The van der Waals surface area contributed by atoms with Gasteiger partial charge in [0.05, 0.1) is 12.2 Å². The Kier molecular flexibility index (Phi) is 4.84. The van der Waals surface area contributed by atoms with Gasteiger partial charge in [0.15, 0.2) is 5.78 Å². The molecule has 5 nitrogen and oxygen atoms in total. The summed E-state index contributed by atoms with van der Waals surface area (Å²) in [7, 11) is 0. The minimum Gasteiger partial charge on any atom is -0.489 e. The Bertz CT molecular complexity index is 905. The summed E-state index contributed by atoms with van der Waals surface area (Å²) in [5.41, 5.74) is 1.87. The van der Waals surface area contributed by atoms with Crippen LogP contribution >= 0.6 is 0 Å². The average molecular weight is 338 g/mol. The minimum absolute atomic E-state index is 0.00280. The van der Waals surface area contributed by atoms with E-state index in [0.717, 1.165) is 5.39 Å². The summed E-state index contributed by atoms with van der Waals surface area (Å²) in [6.45, 7) is 3.68. The van der Waals surface area contributed by atoms with Crippen molar-refractivity contribution in [1.82, 2.24) is 0 Å². The number of ketones is 1. The van der Waals surface area contributed by atoms with E-state index in [-0.39, 0.29) is 24.8 Å². The Labute approximate surface area is 145 Å². The highest BCUT2D eigenvalue weighted by Crippen LogP contribution is 2.28. The lowest BCUT2D eigenvalue weighted by Crippen LogP contribution is -2.08. The first-order chi connectivity index (χ1) is 12.1. The second kappa shape index (κ2) is 7.21. The molecule has 0 saturated heterocycles. The van der Waals surface area contributed by atoms with Gasteiger partial charge in [-0.25, -0.2) is 4.79 Å². The summed E-state index contributed by atoms with van der Waals surface area (Å²) in [5, 5.41) is 0.811. The van der Waals surface area contributed by atoms with E-state index in [1.165, 1.54) is 6.92 Å². The van der Waals surface area contributed by atoms with Crippen LogP contribution in [0.25, 0.3) is 11.0 Å². The molecule has 1 heterocycles. The summed E-state index contributed by atoms with van der Waals surface area (Å²) in [6, 6.07) is 14.2. The minimum atomic E-state index is -0.510. The Morgan fingerprint density at radius 2 is 1.76 bits per heavy atom. The number of esters is 1. The molecule has 0 aliphatic rings. The van der Waals surface area contributed by atoms with Crippen LogP contribution in [0, 0.1) is 0 Å². The number of furan rings is 1. The maximum atomic E-state index is 12.2. The van der Waals surface area contributed by atoms with E-state index in [2.05, 4.69) is 0 Å². The van der Waals surface area contributed by atoms with Gasteiger partial charge >= 0.3 is 5.97 Å². The van der Waals surface area contributed by atoms with Crippen molar-refractivity contribution in [2.75, 3.05) is 6.61 Å². The summed E-state index contributed by atoms with van der Waals surface area (Å²) < 4.78 is 16.5. The Morgan fingerprint density at radius 3 is 2.44 bits per heavy atom. The molecule has 5 heteroatoms. The van der Waals surface area contributed by atoms with E-state index < -0.39 is 5.97 Å². The number of hydrogen-bond donors (Lipinski definition) is 0. The van der Waals surface area contributed by atoms with Crippen molar-refractivity contribution in [3.63, 3.8) is 0 Å². The Balaban J connectivity index is 1.87. The van der Waals surface area contributed by atoms with Crippen LogP contribution < -0.4 is 4.74 Å². The zero-order valence-electron chi connectivity index (χ0n) is 14.1. The molecule has 0 bridgehead atoms. The number of Topliss-reactive ketones (excluding diaryl/α,β-unsaturated/α-hetero) is 1. The predicted octanol–water partition coefficient (Wildman–Crippen LogP) is 4.39. The Hall–Kier alpha value is -3.08. The third-order valence-corrected chi connectivity index (χ3v) is 3.80. The number of fused-ring (bicyclic) bond motifs is 1. The zero-order chi connectivity index (χ0) is 17.8. The van der Waals surface area contributed by atoms with E-state index in [1.807, 2.05) is 18.2 Å². The third kappa shape index (κ3) is 3.55. The Morgan fingerprint density at radius 1 is 1.04 bits per heavy atom. The molecule has 0 atom stereocenters. The van der Waals surface area contributed by atoms with Gasteiger partial charge in [0, 0.05) is 10.9 Å². The maximum absolute atomic E-state index is 12.2. The molecule has 0 fully saturated rings. The molecule has 0 aliphatic carbocycles. The van der Waals surface area contributed by atoms with Gasteiger partial charge in [-0.2, -0.15) is 0 Å². The normalized spacial score (nSPS) is 10.6. The quantitative estimate of drug-likeness (QED) is 0.492. The standard InChI is InChI=1S/C20H18O5/c1-3-23-20(22)19-17(16-6-4-5-7-18(16)25-19)12-24-15-10-8-14(9-11-15)13(2)21/h4-11H,3,12H2,1-2H3. The topological polar surface area (TPSA) is 65.7 Å². The van der Waals surface area contributed by atoms with Crippen molar-refractivity contribution >= 4 is 22.7 Å². The number of ether oxygens (including phenoxy) is 2. The van der Waals surface area contributed by atoms with E-state index in [4.69, 9.17) is 13.9 Å². The lowest BCUT2D eigenvalue weighted by molar-refractivity contribution is 0.0488. The first-order valence-electron chi connectivity index (χ1n) is 8.01. The van der Waals surface area contributed by atoms with E-state index in [0.29, 0.717) is 22.5 Å². The summed E-state index contributed by atoms with van der Waals surface area (Å²) >= 11 is 0. The summed E-state index contributed by atoms with van der Waals surface area (Å²) in [5.74, 6) is 0.245. The van der Waals surface area contributed by atoms with Crippen molar-refractivity contribution in [2.24, 2.45) is 0 Å². The van der Waals surface area contributed by atoms with E-state index >= 15 is 0 Å². The fourth-order valence-corrected chi connectivity index (χ4v) is 2.54. The van der Waals surface area contributed by atoms with Crippen LogP contribution in [0.2, 0.25) is 0 Å². The fourth-order valence-electron chi connectivity index (χ4n) is 2.54. The van der Waals surface area contributed by atoms with Crippen molar-refractivity contribution in [2.45, 2.75) is 20.5 Å². The molecular formula is C20H18O5. The molecule has 0 N–H and O–H groups in total. The average Bonchev–Trinajstić information content (AvgIpc) is 2.99. The summed E-state index contributed by atoms with van der Waals surface area (Å²) in [6.07, 6.45) is 0. The number of hydrogen-bond acceptors (Lipinski definition) is 5. The highest BCUT2D eigenvalue weighted by Gasteiger charge is 2.22. The van der Waals surface area contributed by atoms with Crippen molar-refractivity contribution in [3.05, 3.63) is 65.4 Å². The zero-order valence-corrected chi connectivity index (χ0v) is 14.1.